The molecule has 21 heavy (non-hydrogen) atoms. The molecule has 0 unspecified atom stereocenters. The molecule has 5 nitrogen and oxygen atoms in total. The van der Waals surface area contributed by atoms with Crippen molar-refractivity contribution in [2.24, 2.45) is 16.7 Å². The summed E-state index contributed by atoms with van der Waals surface area (Å²) in [6, 6.07) is 0. The molecule has 2 atom stereocenters. The number of nitrogens with zero attached hydrogens (tertiary/aromatic N) is 1. The summed E-state index contributed by atoms with van der Waals surface area (Å²) in [6.45, 7) is 11.7. The van der Waals surface area contributed by atoms with E-state index in [9.17, 15) is 4.79 Å². The van der Waals surface area contributed by atoms with E-state index in [1.54, 1.807) is 0 Å². The highest BCUT2D eigenvalue weighted by atomic mass is 16.5. The SMILES string of the molecule is CC1(C)CCN(CCNC(=O)[C@]23CNC[C@H]2CCOC3)C1. The standard InChI is InChI=1S/C16H29N3O2/c1-15(2)4-6-19(11-15)7-5-18-14(20)16-10-17-9-13(16)3-8-21-12-16/h13,17H,3-12H2,1-2H3,(H,18,20)/t13-,16+/m1/s1. The summed E-state index contributed by atoms with van der Waals surface area (Å²) in [5.41, 5.74) is 0.114. The third-order valence-electron chi connectivity index (χ3n) is 5.51. The molecule has 1 amide bonds. The minimum Gasteiger partial charge on any atom is -0.380 e. The van der Waals surface area contributed by atoms with E-state index in [0.717, 1.165) is 52.3 Å². The quantitative estimate of drug-likeness (QED) is 0.791. The van der Waals surface area contributed by atoms with E-state index < -0.39 is 0 Å². The fraction of sp³-hybridized carbons (Fsp3) is 0.938. The zero-order valence-corrected chi connectivity index (χ0v) is 13.4. The summed E-state index contributed by atoms with van der Waals surface area (Å²) < 4.78 is 5.60. The van der Waals surface area contributed by atoms with Gasteiger partial charge in [-0.2, -0.15) is 0 Å². The maximum absolute atomic E-state index is 12.7. The number of hydrogen-bond donors (Lipinski definition) is 2. The number of nitrogens with one attached hydrogen (secondary N) is 2. The fourth-order valence-corrected chi connectivity index (χ4v) is 4.09. The monoisotopic (exact) mass is 295 g/mol. The molecule has 2 N–H and O–H groups in total. The Bertz CT molecular complexity index is 399. The molecule has 120 valence electrons. The molecule has 0 radical (unpaired) electrons. The molecular weight excluding hydrogens is 266 g/mol. The van der Waals surface area contributed by atoms with Crippen molar-refractivity contribution in [2.45, 2.75) is 26.7 Å². The summed E-state index contributed by atoms with van der Waals surface area (Å²) in [5, 5.41) is 6.55. The van der Waals surface area contributed by atoms with Crippen LogP contribution >= 0.6 is 0 Å². The summed E-state index contributed by atoms with van der Waals surface area (Å²) >= 11 is 0. The Hall–Kier alpha value is -0.650. The van der Waals surface area contributed by atoms with E-state index in [2.05, 4.69) is 29.4 Å². The van der Waals surface area contributed by atoms with Gasteiger partial charge in [-0.15, -0.1) is 0 Å². The van der Waals surface area contributed by atoms with Crippen LogP contribution in [0.25, 0.3) is 0 Å². The van der Waals surface area contributed by atoms with E-state index in [1.165, 1.54) is 6.42 Å². The van der Waals surface area contributed by atoms with Crippen LogP contribution in [0.1, 0.15) is 26.7 Å². The zero-order valence-electron chi connectivity index (χ0n) is 13.4. The Balaban J connectivity index is 1.48. The molecule has 0 aromatic heterocycles. The van der Waals surface area contributed by atoms with Crippen LogP contribution in [0.2, 0.25) is 0 Å². The van der Waals surface area contributed by atoms with Crippen LogP contribution in [0.4, 0.5) is 0 Å². The van der Waals surface area contributed by atoms with Crippen LogP contribution in [0.15, 0.2) is 0 Å². The first-order valence-corrected chi connectivity index (χ1v) is 8.31. The third kappa shape index (κ3) is 3.10. The highest BCUT2D eigenvalue weighted by Gasteiger charge is 2.50. The van der Waals surface area contributed by atoms with Gasteiger partial charge in [0.05, 0.1) is 12.0 Å². The zero-order chi connectivity index (χ0) is 14.9. The second-order valence-electron chi connectivity index (χ2n) is 7.77. The number of rotatable bonds is 4. The van der Waals surface area contributed by atoms with Crippen LogP contribution in [0, 0.1) is 16.7 Å². The average molecular weight is 295 g/mol. The largest absolute Gasteiger partial charge is 0.380 e. The molecule has 3 aliphatic rings. The van der Waals surface area contributed by atoms with Crippen LogP contribution in [-0.4, -0.2) is 63.3 Å². The summed E-state index contributed by atoms with van der Waals surface area (Å²) in [5.74, 6) is 0.632. The molecule has 3 aliphatic heterocycles. The van der Waals surface area contributed by atoms with Gasteiger partial charge in [0, 0.05) is 32.8 Å². The Morgan fingerprint density at radius 3 is 3.10 bits per heavy atom. The topological polar surface area (TPSA) is 53.6 Å². The van der Waals surface area contributed by atoms with Crippen molar-refractivity contribution in [3.8, 4) is 0 Å². The Morgan fingerprint density at radius 1 is 1.48 bits per heavy atom. The number of hydrogen-bond acceptors (Lipinski definition) is 4. The van der Waals surface area contributed by atoms with Gasteiger partial charge in [0.25, 0.3) is 0 Å². The van der Waals surface area contributed by atoms with Crippen molar-refractivity contribution < 1.29 is 9.53 Å². The van der Waals surface area contributed by atoms with Crippen molar-refractivity contribution in [3.05, 3.63) is 0 Å². The second-order valence-corrected chi connectivity index (χ2v) is 7.77. The Labute approximate surface area is 127 Å². The predicted octanol–water partition coefficient (Wildman–Crippen LogP) is 0.461. The van der Waals surface area contributed by atoms with Gasteiger partial charge in [-0.05, 0) is 37.3 Å². The second kappa shape index (κ2) is 5.86. The maximum Gasteiger partial charge on any atom is 0.230 e. The minimum absolute atomic E-state index is 0.190. The normalized spacial score (nSPS) is 35.6. The molecule has 0 bridgehead atoms. The average Bonchev–Trinajstić information content (AvgIpc) is 3.02. The number of amides is 1. The molecule has 0 aromatic rings. The van der Waals surface area contributed by atoms with Crippen molar-refractivity contribution >= 4 is 5.91 Å². The number of ether oxygens (including phenoxy) is 1. The predicted molar refractivity (Wildman–Crippen MR) is 82.1 cm³/mol. The molecule has 0 aromatic carbocycles. The highest BCUT2D eigenvalue weighted by Crippen LogP contribution is 2.37. The minimum atomic E-state index is -0.317. The van der Waals surface area contributed by atoms with E-state index in [4.69, 9.17) is 4.74 Å². The molecule has 0 aliphatic carbocycles. The number of likely N-dealkylation sites (tertiary alicyclic amines) is 1. The van der Waals surface area contributed by atoms with E-state index in [0.29, 0.717) is 17.9 Å². The van der Waals surface area contributed by atoms with Crippen LogP contribution in [0.3, 0.4) is 0 Å². The summed E-state index contributed by atoms with van der Waals surface area (Å²) in [6.07, 6.45) is 2.26. The van der Waals surface area contributed by atoms with E-state index in [-0.39, 0.29) is 11.3 Å². The molecule has 5 heteroatoms. The van der Waals surface area contributed by atoms with Gasteiger partial charge in [0.1, 0.15) is 0 Å². The maximum atomic E-state index is 12.7. The van der Waals surface area contributed by atoms with Gasteiger partial charge in [0.2, 0.25) is 5.91 Å². The molecule has 3 rings (SSSR count). The lowest BCUT2D eigenvalue weighted by Crippen LogP contribution is -2.52. The number of carbonyl (C=O) groups is 1. The first kappa shape index (κ1) is 15.3. The lowest BCUT2D eigenvalue weighted by Gasteiger charge is -2.37. The van der Waals surface area contributed by atoms with Gasteiger partial charge in [-0.1, -0.05) is 13.8 Å². The molecule has 3 saturated heterocycles. The molecule has 3 fully saturated rings. The Kier molecular flexibility index (Phi) is 4.26. The van der Waals surface area contributed by atoms with Crippen LogP contribution in [0.5, 0.6) is 0 Å². The van der Waals surface area contributed by atoms with Crippen molar-refractivity contribution in [2.75, 3.05) is 52.5 Å². The van der Waals surface area contributed by atoms with Crippen molar-refractivity contribution in [1.82, 2.24) is 15.5 Å². The van der Waals surface area contributed by atoms with Gasteiger partial charge in [0.15, 0.2) is 0 Å². The summed E-state index contributed by atoms with van der Waals surface area (Å²) in [7, 11) is 0. The lowest BCUT2D eigenvalue weighted by atomic mass is 9.75. The van der Waals surface area contributed by atoms with Gasteiger partial charge < -0.3 is 20.3 Å². The van der Waals surface area contributed by atoms with Gasteiger partial charge in [-0.25, -0.2) is 0 Å². The summed E-state index contributed by atoms with van der Waals surface area (Å²) in [4.78, 5) is 15.1. The molecule has 3 heterocycles. The van der Waals surface area contributed by atoms with E-state index >= 15 is 0 Å². The fourth-order valence-electron chi connectivity index (χ4n) is 4.09. The number of carbonyl (C=O) groups excluding carboxylic acids is 1. The van der Waals surface area contributed by atoms with Gasteiger partial charge in [-0.3, -0.25) is 4.79 Å². The van der Waals surface area contributed by atoms with Crippen molar-refractivity contribution in [1.29, 1.82) is 0 Å². The first-order chi connectivity index (χ1) is 10.0. The highest BCUT2D eigenvalue weighted by molar-refractivity contribution is 5.84. The Morgan fingerprint density at radius 2 is 2.33 bits per heavy atom. The lowest BCUT2D eigenvalue weighted by molar-refractivity contribution is -0.141. The molecular formula is C16H29N3O2. The molecule has 0 spiro atoms. The van der Waals surface area contributed by atoms with Crippen LogP contribution in [-0.2, 0) is 9.53 Å². The van der Waals surface area contributed by atoms with Gasteiger partial charge >= 0.3 is 0 Å². The van der Waals surface area contributed by atoms with Crippen LogP contribution < -0.4 is 10.6 Å². The smallest absolute Gasteiger partial charge is 0.230 e. The van der Waals surface area contributed by atoms with Crippen molar-refractivity contribution in [3.63, 3.8) is 0 Å². The number of fused-ring (bicyclic) bond motifs is 1. The molecule has 0 saturated carbocycles. The van der Waals surface area contributed by atoms with E-state index in [1.807, 2.05) is 0 Å². The first-order valence-electron chi connectivity index (χ1n) is 8.31. The third-order valence-corrected chi connectivity index (χ3v) is 5.51.